The van der Waals surface area contributed by atoms with E-state index < -0.39 is 0 Å². The van der Waals surface area contributed by atoms with Gasteiger partial charge in [0.1, 0.15) is 0 Å². The molecule has 0 amide bonds. The number of H-pyrrole nitrogens is 1. The number of aryl methyl sites for hydroxylation is 3. The van der Waals surface area contributed by atoms with Crippen molar-refractivity contribution in [3.63, 3.8) is 0 Å². The summed E-state index contributed by atoms with van der Waals surface area (Å²) in [4.78, 5) is 7.34. The normalized spacial score (nSPS) is 10.7. The van der Waals surface area contributed by atoms with Gasteiger partial charge in [-0.1, -0.05) is 6.92 Å². The second-order valence-corrected chi connectivity index (χ2v) is 3.90. The Hall–Kier alpha value is -1.78. The van der Waals surface area contributed by atoms with Crippen molar-refractivity contribution < 1.29 is 0 Å². The van der Waals surface area contributed by atoms with Gasteiger partial charge in [-0.15, -0.1) is 0 Å². The van der Waals surface area contributed by atoms with Crippen molar-refractivity contribution >= 4 is 5.95 Å². The first-order chi connectivity index (χ1) is 7.69. The fourth-order valence-electron chi connectivity index (χ4n) is 1.71. The van der Waals surface area contributed by atoms with Crippen LogP contribution in [0.4, 0.5) is 5.95 Å². The lowest BCUT2D eigenvalue weighted by Gasteiger charge is -2.01. The lowest BCUT2D eigenvalue weighted by molar-refractivity contribution is 0.746. The number of nitrogens with zero attached hydrogens (tertiary/aromatic N) is 3. The number of anilines is 1. The van der Waals surface area contributed by atoms with E-state index >= 15 is 0 Å². The minimum absolute atomic E-state index is 0.754. The molecule has 0 unspecified atom stereocenters. The van der Waals surface area contributed by atoms with Crippen molar-refractivity contribution in [1.29, 1.82) is 0 Å². The SMILES string of the molecule is CCc1nn(C)cc1CNc1ncc(C)[nH]1. The van der Waals surface area contributed by atoms with E-state index in [9.17, 15) is 0 Å². The summed E-state index contributed by atoms with van der Waals surface area (Å²) in [6.45, 7) is 4.85. The standard InChI is InChI=1S/C11H17N5/c1-4-10-9(7-16(3)15-10)6-13-11-12-5-8(2)14-11/h5,7H,4,6H2,1-3H3,(H2,12,13,14). The fraction of sp³-hybridized carbons (Fsp3) is 0.455. The second kappa shape index (κ2) is 4.38. The third-order valence-corrected chi connectivity index (χ3v) is 2.48. The van der Waals surface area contributed by atoms with E-state index in [1.807, 2.05) is 31.0 Å². The highest BCUT2D eigenvalue weighted by Crippen LogP contribution is 2.09. The van der Waals surface area contributed by atoms with Gasteiger partial charge in [0.05, 0.1) is 5.69 Å². The zero-order chi connectivity index (χ0) is 11.5. The highest BCUT2D eigenvalue weighted by molar-refractivity contribution is 5.29. The lowest BCUT2D eigenvalue weighted by Crippen LogP contribution is -2.02. The van der Waals surface area contributed by atoms with E-state index in [0.29, 0.717) is 0 Å². The molecule has 2 aromatic rings. The quantitative estimate of drug-likeness (QED) is 0.821. The van der Waals surface area contributed by atoms with E-state index in [2.05, 4.69) is 27.3 Å². The Morgan fingerprint density at radius 1 is 1.50 bits per heavy atom. The molecule has 0 saturated heterocycles. The van der Waals surface area contributed by atoms with E-state index in [4.69, 9.17) is 0 Å². The summed E-state index contributed by atoms with van der Waals surface area (Å²) in [7, 11) is 1.94. The predicted molar refractivity (Wildman–Crippen MR) is 63.2 cm³/mol. The minimum atomic E-state index is 0.754. The summed E-state index contributed by atoms with van der Waals surface area (Å²) in [5, 5.41) is 7.64. The number of aromatic nitrogens is 4. The van der Waals surface area contributed by atoms with E-state index in [0.717, 1.165) is 30.3 Å². The molecule has 0 radical (unpaired) electrons. The summed E-state index contributed by atoms with van der Waals surface area (Å²) in [6, 6.07) is 0. The van der Waals surface area contributed by atoms with Crippen molar-refractivity contribution in [3.05, 3.63) is 29.3 Å². The van der Waals surface area contributed by atoms with Crippen molar-refractivity contribution in [2.75, 3.05) is 5.32 Å². The maximum Gasteiger partial charge on any atom is 0.200 e. The fourth-order valence-corrected chi connectivity index (χ4v) is 1.71. The molecule has 0 saturated carbocycles. The molecule has 0 atom stereocenters. The van der Waals surface area contributed by atoms with Crippen LogP contribution in [0.15, 0.2) is 12.4 Å². The van der Waals surface area contributed by atoms with Crippen LogP contribution in [0.2, 0.25) is 0 Å². The largest absolute Gasteiger partial charge is 0.352 e. The summed E-state index contributed by atoms with van der Waals surface area (Å²) < 4.78 is 1.85. The molecule has 2 N–H and O–H groups in total. The molecule has 0 aliphatic heterocycles. The van der Waals surface area contributed by atoms with Gasteiger partial charge in [0, 0.05) is 37.2 Å². The van der Waals surface area contributed by atoms with E-state index in [1.54, 1.807) is 0 Å². The molecule has 86 valence electrons. The van der Waals surface area contributed by atoms with Crippen LogP contribution in [0.5, 0.6) is 0 Å². The van der Waals surface area contributed by atoms with Gasteiger partial charge < -0.3 is 10.3 Å². The first kappa shape index (κ1) is 10.7. The molecule has 0 aliphatic carbocycles. The van der Waals surface area contributed by atoms with Crippen LogP contribution in [-0.2, 0) is 20.0 Å². The Kier molecular flexibility index (Phi) is 2.94. The molecule has 0 aromatic carbocycles. The number of imidazole rings is 1. The van der Waals surface area contributed by atoms with Crippen molar-refractivity contribution in [3.8, 4) is 0 Å². The van der Waals surface area contributed by atoms with Gasteiger partial charge in [0.2, 0.25) is 5.95 Å². The molecular formula is C11H17N5. The third-order valence-electron chi connectivity index (χ3n) is 2.48. The first-order valence-corrected chi connectivity index (χ1v) is 5.46. The maximum atomic E-state index is 4.39. The van der Waals surface area contributed by atoms with Crippen LogP contribution in [0.1, 0.15) is 23.9 Å². The highest BCUT2D eigenvalue weighted by Gasteiger charge is 2.05. The molecule has 2 rings (SSSR count). The van der Waals surface area contributed by atoms with E-state index in [-0.39, 0.29) is 0 Å². The molecule has 0 aliphatic rings. The van der Waals surface area contributed by atoms with Crippen LogP contribution < -0.4 is 5.32 Å². The summed E-state index contributed by atoms with van der Waals surface area (Å²) in [6.07, 6.45) is 4.81. The van der Waals surface area contributed by atoms with Crippen molar-refractivity contribution in [1.82, 2.24) is 19.7 Å². The number of rotatable bonds is 4. The number of hydrogen-bond acceptors (Lipinski definition) is 3. The number of nitrogens with one attached hydrogen (secondary N) is 2. The van der Waals surface area contributed by atoms with Gasteiger partial charge in [-0.2, -0.15) is 5.10 Å². The summed E-state index contributed by atoms with van der Waals surface area (Å²) in [5.74, 6) is 0.809. The van der Waals surface area contributed by atoms with Crippen LogP contribution in [0.25, 0.3) is 0 Å². The topological polar surface area (TPSA) is 58.5 Å². The predicted octanol–water partition coefficient (Wildman–Crippen LogP) is 1.63. The van der Waals surface area contributed by atoms with Gasteiger partial charge in [-0.05, 0) is 13.3 Å². The van der Waals surface area contributed by atoms with Crippen LogP contribution in [0.3, 0.4) is 0 Å². The lowest BCUT2D eigenvalue weighted by atomic mass is 10.2. The van der Waals surface area contributed by atoms with Gasteiger partial charge in [0.25, 0.3) is 0 Å². The van der Waals surface area contributed by atoms with Gasteiger partial charge in [-0.3, -0.25) is 4.68 Å². The average molecular weight is 219 g/mol. The monoisotopic (exact) mass is 219 g/mol. The third kappa shape index (κ3) is 2.24. The zero-order valence-corrected chi connectivity index (χ0v) is 9.91. The maximum absolute atomic E-state index is 4.39. The van der Waals surface area contributed by atoms with Crippen LogP contribution in [-0.4, -0.2) is 19.7 Å². The average Bonchev–Trinajstić information content (AvgIpc) is 2.81. The molecule has 0 spiro atoms. The molecule has 2 aromatic heterocycles. The number of aromatic amines is 1. The van der Waals surface area contributed by atoms with Crippen molar-refractivity contribution in [2.24, 2.45) is 7.05 Å². The zero-order valence-electron chi connectivity index (χ0n) is 9.91. The Morgan fingerprint density at radius 2 is 2.31 bits per heavy atom. The highest BCUT2D eigenvalue weighted by atomic mass is 15.3. The number of hydrogen-bond donors (Lipinski definition) is 2. The molecule has 2 heterocycles. The molecule has 5 heteroatoms. The molecule has 16 heavy (non-hydrogen) atoms. The smallest absolute Gasteiger partial charge is 0.200 e. The molecular weight excluding hydrogens is 202 g/mol. The Balaban J connectivity index is 2.04. The van der Waals surface area contributed by atoms with Gasteiger partial charge in [-0.25, -0.2) is 4.98 Å². The summed E-state index contributed by atoms with van der Waals surface area (Å²) in [5.41, 5.74) is 3.42. The molecule has 0 bridgehead atoms. The van der Waals surface area contributed by atoms with Gasteiger partial charge in [0.15, 0.2) is 0 Å². The van der Waals surface area contributed by atoms with E-state index in [1.165, 1.54) is 5.56 Å². The molecule has 5 nitrogen and oxygen atoms in total. The van der Waals surface area contributed by atoms with Crippen LogP contribution in [0, 0.1) is 6.92 Å². The van der Waals surface area contributed by atoms with Gasteiger partial charge >= 0.3 is 0 Å². The Bertz CT molecular complexity index is 468. The van der Waals surface area contributed by atoms with Crippen molar-refractivity contribution in [2.45, 2.75) is 26.8 Å². The Labute approximate surface area is 94.9 Å². The molecule has 0 fully saturated rings. The van der Waals surface area contributed by atoms with Crippen LogP contribution >= 0.6 is 0 Å². The minimum Gasteiger partial charge on any atom is -0.352 e. The summed E-state index contributed by atoms with van der Waals surface area (Å²) >= 11 is 0. The Morgan fingerprint density at radius 3 is 2.94 bits per heavy atom. The first-order valence-electron chi connectivity index (χ1n) is 5.46. The second-order valence-electron chi connectivity index (χ2n) is 3.90.